The zero-order valence-corrected chi connectivity index (χ0v) is 21.9. The van der Waals surface area contributed by atoms with Crippen LogP contribution in [-0.2, 0) is 14.8 Å². The van der Waals surface area contributed by atoms with Crippen molar-refractivity contribution >= 4 is 27.2 Å². The van der Waals surface area contributed by atoms with E-state index in [0.29, 0.717) is 23.8 Å². The van der Waals surface area contributed by atoms with Gasteiger partial charge in [0.1, 0.15) is 35.2 Å². The number of morpholine rings is 1. The molecule has 1 aromatic heterocycles. The molecule has 1 fully saturated rings. The normalized spacial score (nSPS) is 14.1. The van der Waals surface area contributed by atoms with Crippen molar-refractivity contribution in [1.82, 2.24) is 14.9 Å². The second kappa shape index (κ2) is 12.2. The summed E-state index contributed by atoms with van der Waals surface area (Å²) in [5.41, 5.74) is 2.65. The van der Waals surface area contributed by atoms with Crippen LogP contribution in [0.5, 0.6) is 5.75 Å². The minimum atomic E-state index is -4.05. The molecular formula is C28H28FN5O4S. The quantitative estimate of drug-likeness (QED) is 0.297. The van der Waals surface area contributed by atoms with Gasteiger partial charge in [0, 0.05) is 42.6 Å². The fraction of sp³-hybridized carbons (Fsp3) is 0.214. The van der Waals surface area contributed by atoms with E-state index in [0.717, 1.165) is 55.9 Å². The third-order valence-electron chi connectivity index (χ3n) is 6.13. The summed E-state index contributed by atoms with van der Waals surface area (Å²) in [5, 5.41) is 3.19. The first kappa shape index (κ1) is 26.5. The summed E-state index contributed by atoms with van der Waals surface area (Å²) in [4.78, 5) is 10.6. The molecular weight excluding hydrogens is 521 g/mol. The number of sulfonamides is 1. The Morgan fingerprint density at radius 1 is 0.923 bits per heavy atom. The number of hydrogen-bond donors (Lipinski definition) is 2. The van der Waals surface area contributed by atoms with Crippen molar-refractivity contribution in [2.75, 3.05) is 49.5 Å². The summed E-state index contributed by atoms with van der Waals surface area (Å²) in [6, 6.07) is 21.4. The highest BCUT2D eigenvalue weighted by molar-refractivity contribution is 7.92. The Labute approximate surface area is 226 Å². The van der Waals surface area contributed by atoms with Crippen molar-refractivity contribution in [3.8, 4) is 17.0 Å². The van der Waals surface area contributed by atoms with Crippen molar-refractivity contribution in [3.63, 3.8) is 0 Å². The van der Waals surface area contributed by atoms with Crippen LogP contribution in [0.15, 0.2) is 90.1 Å². The molecule has 202 valence electrons. The van der Waals surface area contributed by atoms with Crippen LogP contribution in [0.3, 0.4) is 0 Å². The minimum absolute atomic E-state index is 0.305. The van der Waals surface area contributed by atoms with Gasteiger partial charge in [-0.05, 0) is 60.7 Å². The predicted octanol–water partition coefficient (Wildman–Crippen LogP) is 4.54. The Morgan fingerprint density at radius 2 is 1.64 bits per heavy atom. The third-order valence-corrected chi connectivity index (χ3v) is 7.55. The Morgan fingerprint density at radius 3 is 2.38 bits per heavy atom. The Kier molecular flexibility index (Phi) is 8.30. The highest BCUT2D eigenvalue weighted by Gasteiger charge is 2.18. The highest BCUT2D eigenvalue weighted by Crippen LogP contribution is 2.25. The summed E-state index contributed by atoms with van der Waals surface area (Å²) in [6.45, 7) is 4.90. The van der Waals surface area contributed by atoms with E-state index in [1.54, 1.807) is 24.3 Å². The lowest BCUT2D eigenvalue weighted by molar-refractivity contribution is 0.0322. The van der Waals surface area contributed by atoms with E-state index >= 15 is 0 Å². The molecule has 2 heterocycles. The molecule has 0 aliphatic carbocycles. The molecule has 9 nitrogen and oxygen atoms in total. The molecule has 3 aromatic carbocycles. The van der Waals surface area contributed by atoms with Crippen molar-refractivity contribution < 1.29 is 22.3 Å². The van der Waals surface area contributed by atoms with Gasteiger partial charge in [0.25, 0.3) is 10.0 Å². The van der Waals surface area contributed by atoms with Gasteiger partial charge in [-0.1, -0.05) is 12.1 Å². The van der Waals surface area contributed by atoms with E-state index in [-0.39, 0.29) is 0 Å². The van der Waals surface area contributed by atoms with E-state index in [9.17, 15) is 12.8 Å². The van der Waals surface area contributed by atoms with Crippen LogP contribution in [0.4, 0.5) is 21.6 Å². The third kappa shape index (κ3) is 7.08. The van der Waals surface area contributed by atoms with Gasteiger partial charge in [0.15, 0.2) is 0 Å². The number of anilines is 3. The number of nitrogens with zero attached hydrogens (tertiary/aromatic N) is 3. The van der Waals surface area contributed by atoms with Gasteiger partial charge < -0.3 is 14.8 Å². The maximum Gasteiger partial charge on any atom is 0.264 e. The molecule has 1 aliphatic heterocycles. The van der Waals surface area contributed by atoms with Crippen molar-refractivity contribution in [1.29, 1.82) is 0 Å². The zero-order valence-electron chi connectivity index (χ0n) is 21.1. The molecule has 0 saturated carbocycles. The highest BCUT2D eigenvalue weighted by atomic mass is 32.2. The minimum Gasteiger partial charge on any atom is -0.492 e. The predicted molar refractivity (Wildman–Crippen MR) is 147 cm³/mol. The van der Waals surface area contributed by atoms with Crippen LogP contribution < -0.4 is 14.8 Å². The molecule has 0 unspecified atom stereocenters. The van der Waals surface area contributed by atoms with E-state index < -0.39 is 20.7 Å². The lowest BCUT2D eigenvalue weighted by Gasteiger charge is -2.26. The molecule has 0 amide bonds. The molecule has 0 atom stereocenters. The van der Waals surface area contributed by atoms with Crippen molar-refractivity contribution in [3.05, 3.63) is 91.0 Å². The van der Waals surface area contributed by atoms with Crippen molar-refractivity contribution in [2.45, 2.75) is 4.90 Å². The number of halogens is 1. The molecule has 0 spiro atoms. The SMILES string of the molecule is O=S(=O)(Nc1ccc(Nc2cc(-c3ccc(OCCN4CCOCC4)cc3)ncn2)cc1)c1ccccc1F. The number of ether oxygens (including phenoxy) is 2. The fourth-order valence-electron chi connectivity index (χ4n) is 4.07. The summed E-state index contributed by atoms with van der Waals surface area (Å²) in [7, 11) is -4.05. The van der Waals surface area contributed by atoms with E-state index in [1.807, 2.05) is 30.3 Å². The Hall–Kier alpha value is -4.06. The molecule has 1 aliphatic rings. The van der Waals surface area contributed by atoms with Gasteiger partial charge in [-0.15, -0.1) is 0 Å². The van der Waals surface area contributed by atoms with Gasteiger partial charge >= 0.3 is 0 Å². The average Bonchev–Trinajstić information content (AvgIpc) is 2.95. The first-order valence-corrected chi connectivity index (χ1v) is 13.9. The van der Waals surface area contributed by atoms with Crippen molar-refractivity contribution in [2.24, 2.45) is 0 Å². The maximum absolute atomic E-state index is 13.9. The molecule has 5 rings (SSSR count). The molecule has 0 bridgehead atoms. The number of rotatable bonds is 10. The molecule has 4 aromatic rings. The molecule has 1 saturated heterocycles. The van der Waals surface area contributed by atoms with Crippen LogP contribution in [0, 0.1) is 5.82 Å². The molecule has 11 heteroatoms. The smallest absolute Gasteiger partial charge is 0.264 e. The standard InChI is InChI=1S/C28H28FN5O4S/c29-25-3-1-2-4-27(25)39(35,36)33-23-9-7-22(8-10-23)32-28-19-26(30-20-31-28)21-5-11-24(12-6-21)38-18-15-34-13-16-37-17-14-34/h1-12,19-20,33H,13-18H2,(H,30,31,32). The monoisotopic (exact) mass is 549 g/mol. The van der Waals surface area contributed by atoms with Gasteiger partial charge in [-0.25, -0.2) is 22.8 Å². The maximum atomic E-state index is 13.9. The van der Waals surface area contributed by atoms with Crippen LogP contribution in [-0.4, -0.2) is 62.7 Å². The second-order valence-electron chi connectivity index (χ2n) is 8.85. The largest absolute Gasteiger partial charge is 0.492 e. The summed E-state index contributed by atoms with van der Waals surface area (Å²) in [6.07, 6.45) is 1.47. The molecule has 2 N–H and O–H groups in total. The van der Waals surface area contributed by atoms with Gasteiger partial charge in [-0.2, -0.15) is 0 Å². The van der Waals surface area contributed by atoms with Crippen LogP contribution in [0.25, 0.3) is 11.3 Å². The van der Waals surface area contributed by atoms with Crippen LogP contribution >= 0.6 is 0 Å². The first-order valence-electron chi connectivity index (χ1n) is 12.5. The number of aromatic nitrogens is 2. The average molecular weight is 550 g/mol. The summed E-state index contributed by atoms with van der Waals surface area (Å²) >= 11 is 0. The van der Waals surface area contributed by atoms with E-state index in [2.05, 4.69) is 24.9 Å². The second-order valence-corrected chi connectivity index (χ2v) is 10.5. The van der Waals surface area contributed by atoms with Gasteiger partial charge in [-0.3, -0.25) is 9.62 Å². The van der Waals surface area contributed by atoms with Crippen LogP contribution in [0.1, 0.15) is 0 Å². The Bertz CT molecular complexity index is 1500. The zero-order chi connectivity index (χ0) is 27.1. The van der Waals surface area contributed by atoms with Crippen LogP contribution in [0.2, 0.25) is 0 Å². The lowest BCUT2D eigenvalue weighted by Crippen LogP contribution is -2.38. The number of benzene rings is 3. The van der Waals surface area contributed by atoms with Gasteiger partial charge in [0.05, 0.1) is 18.9 Å². The van der Waals surface area contributed by atoms with E-state index in [1.165, 1.54) is 24.5 Å². The topological polar surface area (TPSA) is 106 Å². The lowest BCUT2D eigenvalue weighted by atomic mass is 10.1. The summed E-state index contributed by atoms with van der Waals surface area (Å²) in [5.74, 6) is 0.560. The summed E-state index contributed by atoms with van der Waals surface area (Å²) < 4.78 is 52.6. The number of hydrogen-bond acceptors (Lipinski definition) is 8. The Balaban J connectivity index is 1.18. The molecule has 0 radical (unpaired) electrons. The molecule has 39 heavy (non-hydrogen) atoms. The first-order chi connectivity index (χ1) is 19.0. The fourth-order valence-corrected chi connectivity index (χ4v) is 5.20. The van der Waals surface area contributed by atoms with Gasteiger partial charge in [0.2, 0.25) is 0 Å². The number of nitrogens with one attached hydrogen (secondary N) is 2. The van der Waals surface area contributed by atoms with E-state index in [4.69, 9.17) is 9.47 Å².